The maximum absolute atomic E-state index is 13.2. The van der Waals surface area contributed by atoms with Gasteiger partial charge in [-0.2, -0.15) is 0 Å². The lowest BCUT2D eigenvalue weighted by molar-refractivity contribution is -0.140. The molecule has 6 heteroatoms. The fourth-order valence-corrected chi connectivity index (χ4v) is 4.13. The zero-order valence-corrected chi connectivity index (χ0v) is 19.0. The van der Waals surface area contributed by atoms with Gasteiger partial charge in [-0.05, 0) is 61.7 Å². The van der Waals surface area contributed by atoms with Crippen molar-refractivity contribution >= 4 is 17.4 Å². The number of ketones is 1. The third kappa shape index (κ3) is 4.42. The molecule has 2 heterocycles. The molecule has 1 atom stereocenters. The van der Waals surface area contributed by atoms with Crippen LogP contribution in [0.2, 0.25) is 0 Å². The summed E-state index contributed by atoms with van der Waals surface area (Å²) in [6, 6.07) is 15.6. The molecular weight excluding hydrogens is 418 g/mol. The average Bonchev–Trinajstić information content (AvgIpc) is 3.40. The van der Waals surface area contributed by atoms with Crippen molar-refractivity contribution in [1.82, 2.24) is 4.90 Å². The molecule has 0 radical (unpaired) electrons. The number of likely N-dealkylation sites (tertiary alicyclic amines) is 1. The van der Waals surface area contributed by atoms with E-state index in [0.717, 1.165) is 28.9 Å². The van der Waals surface area contributed by atoms with Gasteiger partial charge in [-0.25, -0.2) is 0 Å². The molecule has 4 rings (SSSR count). The molecule has 6 nitrogen and oxygen atoms in total. The first-order chi connectivity index (χ1) is 15.9. The number of ether oxygens (including phenoxy) is 1. The van der Waals surface area contributed by atoms with Crippen molar-refractivity contribution in [2.45, 2.75) is 39.8 Å². The Balaban J connectivity index is 1.82. The number of rotatable bonds is 7. The molecule has 0 saturated carbocycles. The Morgan fingerprint density at radius 2 is 1.91 bits per heavy atom. The second kappa shape index (κ2) is 9.36. The highest BCUT2D eigenvalue weighted by atomic mass is 16.5. The van der Waals surface area contributed by atoms with Crippen LogP contribution in [0.5, 0.6) is 5.75 Å². The SMILES string of the molecule is CCCOc1ccc(/C(O)=C2/C(=O)C(=O)N(Cc3ccco3)C2c2cccc(C)c2)cc1C. The first-order valence-electron chi connectivity index (χ1n) is 11.0. The predicted octanol–water partition coefficient (Wildman–Crippen LogP) is 5.31. The largest absolute Gasteiger partial charge is 0.507 e. The van der Waals surface area contributed by atoms with E-state index >= 15 is 0 Å². The summed E-state index contributed by atoms with van der Waals surface area (Å²) < 4.78 is 11.2. The Morgan fingerprint density at radius 3 is 2.58 bits per heavy atom. The fraction of sp³-hybridized carbons (Fsp3) is 0.259. The summed E-state index contributed by atoms with van der Waals surface area (Å²) in [7, 11) is 0. The van der Waals surface area contributed by atoms with Gasteiger partial charge >= 0.3 is 0 Å². The summed E-state index contributed by atoms with van der Waals surface area (Å²) in [5.41, 5.74) is 3.11. The number of carbonyl (C=O) groups excluding carboxylic acids is 2. The van der Waals surface area contributed by atoms with Crippen molar-refractivity contribution < 1.29 is 23.8 Å². The van der Waals surface area contributed by atoms with Crippen LogP contribution in [0, 0.1) is 13.8 Å². The van der Waals surface area contributed by atoms with Crippen molar-refractivity contribution in [2.24, 2.45) is 0 Å². The lowest BCUT2D eigenvalue weighted by atomic mass is 9.94. The topological polar surface area (TPSA) is 80.0 Å². The van der Waals surface area contributed by atoms with Gasteiger partial charge in [0.25, 0.3) is 11.7 Å². The summed E-state index contributed by atoms with van der Waals surface area (Å²) in [6.45, 7) is 6.58. The normalized spacial score (nSPS) is 17.5. The molecule has 1 unspecified atom stereocenters. The lowest BCUT2D eigenvalue weighted by Gasteiger charge is -2.25. The number of furan rings is 1. The molecule has 1 amide bonds. The van der Waals surface area contributed by atoms with Crippen molar-refractivity contribution in [3.05, 3.63) is 94.4 Å². The number of aliphatic hydroxyl groups excluding tert-OH is 1. The smallest absolute Gasteiger partial charge is 0.296 e. The van der Waals surface area contributed by atoms with E-state index in [2.05, 4.69) is 0 Å². The number of aryl methyl sites for hydroxylation is 2. The lowest BCUT2D eigenvalue weighted by Crippen LogP contribution is -2.29. The van der Waals surface area contributed by atoms with Crippen LogP contribution in [-0.2, 0) is 16.1 Å². The van der Waals surface area contributed by atoms with Crippen LogP contribution < -0.4 is 4.74 Å². The van der Waals surface area contributed by atoms with Gasteiger partial charge in [-0.1, -0.05) is 36.8 Å². The zero-order valence-electron chi connectivity index (χ0n) is 19.0. The standard InChI is InChI=1S/C27H27NO5/c1-4-12-33-22-11-10-20(15-18(22)3)25(29)23-24(19-8-5-7-17(2)14-19)28(27(31)26(23)30)16-21-9-6-13-32-21/h5-11,13-15,24,29H,4,12,16H2,1-3H3/b25-23-. The number of hydrogen-bond donors (Lipinski definition) is 1. The van der Waals surface area contributed by atoms with Gasteiger partial charge < -0.3 is 19.2 Å². The van der Waals surface area contributed by atoms with Crippen LogP contribution in [0.15, 0.2) is 70.9 Å². The van der Waals surface area contributed by atoms with Gasteiger partial charge in [0, 0.05) is 5.56 Å². The monoisotopic (exact) mass is 445 g/mol. The van der Waals surface area contributed by atoms with Gasteiger partial charge in [0.1, 0.15) is 17.3 Å². The Morgan fingerprint density at radius 1 is 1.09 bits per heavy atom. The summed E-state index contributed by atoms with van der Waals surface area (Å²) in [5.74, 6) is -0.301. The summed E-state index contributed by atoms with van der Waals surface area (Å²) in [6.07, 6.45) is 2.41. The van der Waals surface area contributed by atoms with Gasteiger partial charge in [0.05, 0.1) is 31.0 Å². The first kappa shape index (κ1) is 22.4. The fourth-order valence-electron chi connectivity index (χ4n) is 4.13. The van der Waals surface area contributed by atoms with Crippen LogP contribution >= 0.6 is 0 Å². The van der Waals surface area contributed by atoms with Crippen molar-refractivity contribution in [3.8, 4) is 5.75 Å². The van der Waals surface area contributed by atoms with E-state index in [9.17, 15) is 14.7 Å². The summed E-state index contributed by atoms with van der Waals surface area (Å²) >= 11 is 0. The second-order valence-electron chi connectivity index (χ2n) is 8.25. The number of aliphatic hydroxyl groups is 1. The van der Waals surface area contributed by atoms with E-state index in [1.165, 1.54) is 11.2 Å². The predicted molar refractivity (Wildman–Crippen MR) is 125 cm³/mol. The maximum Gasteiger partial charge on any atom is 0.296 e. The van der Waals surface area contributed by atoms with Crippen molar-refractivity contribution in [1.29, 1.82) is 0 Å². The Bertz CT molecular complexity index is 1210. The number of carbonyl (C=O) groups is 2. The minimum Gasteiger partial charge on any atom is -0.507 e. The zero-order chi connectivity index (χ0) is 23.5. The second-order valence-corrected chi connectivity index (χ2v) is 8.25. The van der Waals surface area contributed by atoms with Crippen LogP contribution in [0.1, 0.15) is 47.4 Å². The quantitative estimate of drug-likeness (QED) is 0.303. The van der Waals surface area contributed by atoms with E-state index in [1.54, 1.807) is 30.3 Å². The van der Waals surface area contributed by atoms with Crippen LogP contribution in [0.25, 0.3) is 5.76 Å². The summed E-state index contributed by atoms with van der Waals surface area (Å²) in [4.78, 5) is 27.7. The molecule has 2 aromatic carbocycles. The summed E-state index contributed by atoms with van der Waals surface area (Å²) in [5, 5.41) is 11.3. The van der Waals surface area contributed by atoms with Gasteiger partial charge in [-0.15, -0.1) is 0 Å². The number of amides is 1. The number of Topliss-reactive ketones (excluding diaryl/α,β-unsaturated/α-hetero) is 1. The molecule has 33 heavy (non-hydrogen) atoms. The molecule has 1 fully saturated rings. The molecule has 0 bridgehead atoms. The molecule has 1 aliphatic rings. The van der Waals surface area contributed by atoms with Gasteiger partial charge in [-0.3, -0.25) is 9.59 Å². The third-order valence-corrected chi connectivity index (χ3v) is 5.71. The molecule has 1 saturated heterocycles. The molecule has 1 aromatic heterocycles. The molecule has 1 aliphatic heterocycles. The Labute approximate surface area is 193 Å². The highest BCUT2D eigenvalue weighted by molar-refractivity contribution is 6.46. The number of benzene rings is 2. The highest BCUT2D eigenvalue weighted by Crippen LogP contribution is 2.41. The van der Waals surface area contributed by atoms with E-state index < -0.39 is 17.7 Å². The van der Waals surface area contributed by atoms with Gasteiger partial charge in [0.2, 0.25) is 0 Å². The molecule has 0 spiro atoms. The maximum atomic E-state index is 13.2. The van der Waals surface area contributed by atoms with E-state index in [-0.39, 0.29) is 17.9 Å². The number of nitrogens with zero attached hydrogens (tertiary/aromatic N) is 1. The Kier molecular flexibility index (Phi) is 6.36. The average molecular weight is 446 g/mol. The van der Waals surface area contributed by atoms with Crippen LogP contribution in [-0.4, -0.2) is 28.3 Å². The first-order valence-corrected chi connectivity index (χ1v) is 11.0. The van der Waals surface area contributed by atoms with Crippen molar-refractivity contribution in [2.75, 3.05) is 6.61 Å². The minimum absolute atomic E-state index is 0.0683. The molecular formula is C27H27NO5. The van der Waals surface area contributed by atoms with Crippen LogP contribution in [0.4, 0.5) is 0 Å². The van der Waals surface area contributed by atoms with Gasteiger partial charge in [0.15, 0.2) is 0 Å². The van der Waals surface area contributed by atoms with E-state index in [4.69, 9.17) is 9.15 Å². The molecule has 0 aliphatic carbocycles. The number of hydrogen-bond acceptors (Lipinski definition) is 5. The van der Waals surface area contributed by atoms with Crippen molar-refractivity contribution in [3.63, 3.8) is 0 Å². The van der Waals surface area contributed by atoms with E-state index in [1.807, 2.05) is 45.0 Å². The van der Waals surface area contributed by atoms with E-state index in [0.29, 0.717) is 17.9 Å². The minimum atomic E-state index is -0.730. The molecule has 3 aromatic rings. The highest BCUT2D eigenvalue weighted by Gasteiger charge is 2.46. The third-order valence-electron chi connectivity index (χ3n) is 5.71. The molecule has 170 valence electrons. The molecule has 1 N–H and O–H groups in total. The Hall–Kier alpha value is -3.80. The van der Waals surface area contributed by atoms with Crippen LogP contribution in [0.3, 0.4) is 0 Å².